The number of allylic oxidation sites excluding steroid dienone is 1. The summed E-state index contributed by atoms with van der Waals surface area (Å²) in [5, 5.41) is 17.4. The Morgan fingerprint density at radius 2 is 1.03 bits per heavy atom. The number of likely N-dealkylation sites (tertiary alicyclic amines) is 1. The number of rotatable bonds is 12. The van der Waals surface area contributed by atoms with Crippen molar-refractivity contribution >= 4 is 51.3 Å². The number of anilines is 2. The van der Waals surface area contributed by atoms with E-state index in [4.69, 9.17) is 21.7 Å². The fourth-order valence-electron chi connectivity index (χ4n) is 9.69. The summed E-state index contributed by atoms with van der Waals surface area (Å²) in [6.45, 7) is 10.4. The van der Waals surface area contributed by atoms with Gasteiger partial charge < -0.3 is 27.0 Å². The molecule has 4 aromatic carbocycles. The van der Waals surface area contributed by atoms with Crippen LogP contribution in [0.3, 0.4) is 0 Å². The first-order valence-electron chi connectivity index (χ1n) is 24.2. The number of nitrogen functional groups attached to an aromatic ring is 2. The number of nitrogens with two attached hydrogens (primary N) is 2. The van der Waals surface area contributed by atoms with Crippen LogP contribution in [0.15, 0.2) is 122 Å². The minimum Gasteiger partial charge on any atom is -0.383 e. The van der Waals surface area contributed by atoms with Gasteiger partial charge in [-0.25, -0.2) is 29.3 Å². The normalized spacial score (nSPS) is 16.3. The summed E-state index contributed by atoms with van der Waals surface area (Å²) >= 11 is 0. The molecule has 16 heteroatoms. The van der Waals surface area contributed by atoms with E-state index in [0.29, 0.717) is 41.5 Å². The molecule has 0 radical (unpaired) electrons. The van der Waals surface area contributed by atoms with Crippen LogP contribution in [0.1, 0.15) is 93.6 Å². The van der Waals surface area contributed by atoms with E-state index in [1.165, 1.54) is 18.7 Å². The monoisotopic (exact) mass is 949 g/mol. The average Bonchev–Trinajstić information content (AvgIpc) is 3.99. The lowest BCUT2D eigenvalue weighted by Gasteiger charge is -2.29. The van der Waals surface area contributed by atoms with E-state index in [0.717, 1.165) is 113 Å². The molecule has 8 aromatic rings. The summed E-state index contributed by atoms with van der Waals surface area (Å²) in [6, 6.07) is 31.5. The number of carbonyl (C=O) groups is 3. The number of piperidine rings is 1. The number of aryl methyl sites for hydroxylation is 2. The molecule has 362 valence electrons. The molecule has 2 aliphatic rings. The molecular weight excluding hydrogens is 891 g/mol. The van der Waals surface area contributed by atoms with E-state index in [1.54, 1.807) is 0 Å². The van der Waals surface area contributed by atoms with Crippen molar-refractivity contribution in [3.63, 3.8) is 0 Å². The van der Waals surface area contributed by atoms with Gasteiger partial charge in [-0.15, -0.1) is 0 Å². The summed E-state index contributed by atoms with van der Waals surface area (Å²) in [5.41, 5.74) is 22.7. The molecule has 71 heavy (non-hydrogen) atoms. The van der Waals surface area contributed by atoms with E-state index in [2.05, 4.69) is 49.1 Å². The van der Waals surface area contributed by atoms with E-state index >= 15 is 0 Å². The topological polar surface area (TPSA) is 218 Å². The minimum absolute atomic E-state index is 0.0357. The van der Waals surface area contributed by atoms with Gasteiger partial charge in [-0.1, -0.05) is 91.5 Å². The van der Waals surface area contributed by atoms with Gasteiger partial charge in [0.25, 0.3) is 11.8 Å². The lowest BCUT2D eigenvalue weighted by Crippen LogP contribution is -2.31. The predicted molar refractivity (Wildman–Crippen MR) is 277 cm³/mol. The van der Waals surface area contributed by atoms with Gasteiger partial charge in [0.05, 0.1) is 22.9 Å². The predicted octanol–water partition coefficient (Wildman–Crippen LogP) is 8.38. The van der Waals surface area contributed by atoms with Gasteiger partial charge in [0, 0.05) is 41.3 Å². The van der Waals surface area contributed by atoms with Crippen molar-refractivity contribution in [2.75, 3.05) is 31.6 Å². The van der Waals surface area contributed by atoms with Crippen molar-refractivity contribution in [3.8, 4) is 22.5 Å². The highest BCUT2D eigenvalue weighted by molar-refractivity contribution is 6.00. The van der Waals surface area contributed by atoms with E-state index in [9.17, 15) is 14.4 Å². The van der Waals surface area contributed by atoms with Crippen molar-refractivity contribution < 1.29 is 14.4 Å². The zero-order chi connectivity index (χ0) is 49.6. The number of ketones is 1. The zero-order valence-electron chi connectivity index (χ0n) is 40.4. The summed E-state index contributed by atoms with van der Waals surface area (Å²) in [6.07, 6.45) is 9.73. The highest BCUT2D eigenvalue weighted by Gasteiger charge is 2.30. The largest absolute Gasteiger partial charge is 0.383 e. The van der Waals surface area contributed by atoms with E-state index < -0.39 is 0 Å². The number of nitrogens with zero attached hydrogens (tertiary/aromatic N) is 9. The third-order valence-corrected chi connectivity index (χ3v) is 13.9. The van der Waals surface area contributed by atoms with Gasteiger partial charge in [0.15, 0.2) is 17.1 Å². The first-order chi connectivity index (χ1) is 34.5. The second kappa shape index (κ2) is 21.3. The maximum absolute atomic E-state index is 12.6. The van der Waals surface area contributed by atoms with Gasteiger partial charge in [0.2, 0.25) is 0 Å². The Hall–Kier alpha value is -8.11. The van der Waals surface area contributed by atoms with Crippen LogP contribution in [0.25, 0.3) is 44.6 Å². The second-order valence-electron chi connectivity index (χ2n) is 18.5. The molecule has 2 amide bonds. The molecule has 1 aliphatic heterocycles. The van der Waals surface area contributed by atoms with Crippen molar-refractivity contribution in [1.29, 1.82) is 0 Å². The third kappa shape index (κ3) is 10.4. The maximum atomic E-state index is 12.6. The summed E-state index contributed by atoms with van der Waals surface area (Å²) < 4.78 is 3.99. The van der Waals surface area contributed by atoms with Gasteiger partial charge in [-0.3, -0.25) is 14.4 Å². The number of aromatic nitrogens is 8. The minimum atomic E-state index is -0.0960. The Kier molecular flexibility index (Phi) is 14.4. The van der Waals surface area contributed by atoms with Crippen LogP contribution in [-0.2, 0) is 17.9 Å². The van der Waals surface area contributed by atoms with Crippen LogP contribution in [-0.4, -0.2) is 82.1 Å². The lowest BCUT2D eigenvalue weighted by molar-refractivity contribution is -0.119. The van der Waals surface area contributed by atoms with E-state index in [-0.39, 0.29) is 35.6 Å². The Labute approximate surface area is 412 Å². The number of hydrogen-bond acceptors (Lipinski definition) is 12. The highest BCUT2D eigenvalue weighted by atomic mass is 16.2. The molecule has 0 bridgehead atoms. The highest BCUT2D eigenvalue weighted by Crippen LogP contribution is 2.38. The molecule has 4 aromatic heterocycles. The smallest absolute Gasteiger partial charge is 0.251 e. The molecule has 6 N–H and O–H groups in total. The van der Waals surface area contributed by atoms with Crippen molar-refractivity contribution in [1.82, 2.24) is 55.0 Å². The van der Waals surface area contributed by atoms with Crippen LogP contribution < -0.4 is 22.1 Å². The van der Waals surface area contributed by atoms with Gasteiger partial charge >= 0.3 is 0 Å². The molecule has 1 saturated carbocycles. The fraction of sp³-hybridized carbons (Fsp3) is 0.291. The summed E-state index contributed by atoms with van der Waals surface area (Å²) in [5.74, 6) is 0.807. The standard InChI is InChI=1S/C29H30N6O2.C26H29N7O/c1-3-24(36)20-12-14-22(15-13-20)35-28-25(27(30)32-17-33-28)26(34-35)21-10-8-19(9-11-21)16-31-29(37)23-7-5-4-6-18(23)2;1-17-5-3-4-6-21(17)26(34)28-15-18-7-9-19(10-8-18)23-22-24(27)29-16-30-25(22)33(31-23)20-11-13-32(2)14-12-20/h3-11,17,20,22H,1,12-16H2,2H3,(H,31,37)(H2,30,32,33);3-10,16,20H,11-15H2,1-2H3,(H,28,34)(H2,27,29,30). The van der Waals surface area contributed by atoms with Gasteiger partial charge in [-0.2, -0.15) is 10.2 Å². The SMILES string of the molecule is C=CC(=O)C1CCC(n2nc(-c3ccc(CNC(=O)c4ccccc4C)cc3)c3c(N)ncnc32)CC1.Cc1ccccc1C(=O)NCc1ccc(-c2nn(C3CCN(C)CC3)c3ncnc(N)c23)cc1. The molecule has 5 heterocycles. The third-order valence-electron chi connectivity index (χ3n) is 13.9. The van der Waals surface area contributed by atoms with Gasteiger partial charge in [0.1, 0.15) is 35.7 Å². The number of nitrogens with one attached hydrogen (secondary N) is 2. The van der Waals surface area contributed by atoms with E-state index in [1.807, 2.05) is 120 Å². The molecule has 0 atom stereocenters. The molecular formula is C55H59N13O3. The molecule has 0 unspecified atom stereocenters. The first kappa shape index (κ1) is 47.9. The van der Waals surface area contributed by atoms with Crippen LogP contribution in [0.2, 0.25) is 0 Å². The molecule has 2 fully saturated rings. The van der Waals surface area contributed by atoms with Gasteiger partial charge in [-0.05, 0) is 113 Å². The first-order valence-corrected chi connectivity index (χ1v) is 24.2. The quantitative estimate of drug-likeness (QED) is 0.0850. The molecule has 1 saturated heterocycles. The average molecular weight is 950 g/mol. The van der Waals surface area contributed by atoms with Crippen LogP contribution in [0.5, 0.6) is 0 Å². The van der Waals surface area contributed by atoms with Crippen LogP contribution in [0.4, 0.5) is 11.6 Å². The summed E-state index contributed by atoms with van der Waals surface area (Å²) in [4.78, 5) is 57.0. The Morgan fingerprint density at radius 3 is 1.45 bits per heavy atom. The van der Waals surface area contributed by atoms with Crippen LogP contribution in [0, 0.1) is 19.8 Å². The lowest BCUT2D eigenvalue weighted by atomic mass is 9.83. The zero-order valence-corrected chi connectivity index (χ0v) is 40.4. The molecule has 1 aliphatic carbocycles. The Bertz CT molecular complexity index is 3220. The fourth-order valence-corrected chi connectivity index (χ4v) is 9.69. The maximum Gasteiger partial charge on any atom is 0.251 e. The Morgan fingerprint density at radius 1 is 0.606 bits per heavy atom. The Balaban J connectivity index is 0.000000176. The van der Waals surface area contributed by atoms with Crippen molar-refractivity contribution in [3.05, 3.63) is 156 Å². The molecule has 10 rings (SSSR count). The summed E-state index contributed by atoms with van der Waals surface area (Å²) in [7, 11) is 2.15. The van der Waals surface area contributed by atoms with Crippen molar-refractivity contribution in [2.45, 2.75) is 77.5 Å². The number of hydrogen-bond donors (Lipinski definition) is 4. The number of amides is 2. The number of carbonyl (C=O) groups excluding carboxylic acids is 3. The molecule has 0 spiro atoms. The number of benzene rings is 4. The second-order valence-corrected chi connectivity index (χ2v) is 18.5. The van der Waals surface area contributed by atoms with Crippen LogP contribution >= 0.6 is 0 Å². The molecule has 16 nitrogen and oxygen atoms in total. The number of fused-ring (bicyclic) bond motifs is 2. The van der Waals surface area contributed by atoms with Crippen molar-refractivity contribution in [2.24, 2.45) is 5.92 Å².